The van der Waals surface area contributed by atoms with Gasteiger partial charge in [-0.1, -0.05) is 32.9 Å². The number of nitrogen functional groups attached to an aromatic ring is 1. The molecular formula is C32H40F3N6O6P. The molecule has 0 spiro atoms. The fourth-order valence-corrected chi connectivity index (χ4v) is 7.48. The Labute approximate surface area is 276 Å². The van der Waals surface area contributed by atoms with Crippen LogP contribution in [0.1, 0.15) is 77.5 Å². The van der Waals surface area contributed by atoms with Gasteiger partial charge in [0.2, 0.25) is 0 Å². The van der Waals surface area contributed by atoms with Gasteiger partial charge in [-0.3, -0.25) is 9.32 Å². The first kappa shape index (κ1) is 35.6. The summed E-state index contributed by atoms with van der Waals surface area (Å²) in [5, 5.41) is 17.0. The number of nitrogens with two attached hydrogens (primary N) is 1. The van der Waals surface area contributed by atoms with Crippen molar-refractivity contribution >= 4 is 25.1 Å². The fraction of sp³-hybridized carbons (Fsp3) is 0.562. The van der Waals surface area contributed by atoms with Crippen LogP contribution in [0, 0.1) is 17.2 Å². The number of hydrogen-bond acceptors (Lipinski definition) is 10. The second kappa shape index (κ2) is 13.7. The predicted molar refractivity (Wildman–Crippen MR) is 169 cm³/mol. The van der Waals surface area contributed by atoms with Crippen molar-refractivity contribution in [2.24, 2.45) is 5.92 Å². The Hall–Kier alpha value is -3.70. The quantitative estimate of drug-likeness (QED) is 0.180. The lowest BCUT2D eigenvalue weighted by molar-refractivity contribution is -0.188. The predicted octanol–water partition coefficient (Wildman–Crippen LogP) is 6.35. The van der Waals surface area contributed by atoms with Gasteiger partial charge in [0.1, 0.15) is 35.8 Å². The highest BCUT2D eigenvalue weighted by Crippen LogP contribution is 2.47. The van der Waals surface area contributed by atoms with Crippen LogP contribution in [0.5, 0.6) is 5.75 Å². The van der Waals surface area contributed by atoms with Gasteiger partial charge in [-0.05, 0) is 80.7 Å². The standard InChI is InChI=1S/C32H40F3N6O6P/c1-20(29(42)45-23-9-7-22(8-10-23)32(33,34)35)40-48(43,47-24-11-5-21(6-12-24)30(2,3)4)44-17-25-15-16-31(18-36,46-25)27-14-13-26-28(37)38-19-39-41(26)27/h5-6,11-14,19-20,22-23,25H,7-10,15-17H2,1-4H3,(H,40,43)(H2,37,38,39)/t20-,22?,23?,25-,31?,48?/m0/s1. The Bertz CT molecular complexity index is 1700. The van der Waals surface area contributed by atoms with Gasteiger partial charge < -0.3 is 19.7 Å². The lowest BCUT2D eigenvalue weighted by atomic mass is 9.87. The number of carbonyl (C=O) groups excluding carboxylic acids is 1. The fourth-order valence-electron chi connectivity index (χ4n) is 5.96. The molecule has 3 N–H and O–H groups in total. The van der Waals surface area contributed by atoms with E-state index in [2.05, 4.69) is 21.2 Å². The van der Waals surface area contributed by atoms with Crippen molar-refractivity contribution in [1.82, 2.24) is 19.7 Å². The maximum Gasteiger partial charge on any atom is 0.459 e. The SMILES string of the molecule is C[C@H](NP(=O)(OC[C@@H]1CCC(C#N)(c2ccc3c(N)ncnn23)O1)Oc1ccc(C(C)(C)C)cc1)C(=O)OC1CCC(C(F)(F)F)CC1. The van der Waals surface area contributed by atoms with Gasteiger partial charge in [-0.2, -0.15) is 28.6 Å². The maximum atomic E-state index is 14.2. The van der Waals surface area contributed by atoms with Gasteiger partial charge in [0.05, 0.1) is 24.3 Å². The molecule has 1 aliphatic carbocycles. The number of nitrogens with one attached hydrogen (secondary N) is 1. The van der Waals surface area contributed by atoms with Crippen LogP contribution in [0.25, 0.3) is 5.52 Å². The van der Waals surface area contributed by atoms with E-state index >= 15 is 0 Å². The van der Waals surface area contributed by atoms with Crippen LogP contribution in [-0.2, 0) is 34.4 Å². The third kappa shape index (κ3) is 7.94. The van der Waals surface area contributed by atoms with Crippen molar-refractivity contribution in [2.75, 3.05) is 12.3 Å². The molecule has 3 aromatic rings. The van der Waals surface area contributed by atoms with E-state index in [0.717, 1.165) is 5.56 Å². The van der Waals surface area contributed by atoms with Crippen molar-refractivity contribution in [1.29, 1.82) is 5.26 Å². The number of halogens is 3. The third-order valence-electron chi connectivity index (χ3n) is 8.76. The minimum Gasteiger partial charge on any atom is -0.461 e. The monoisotopic (exact) mass is 692 g/mol. The van der Waals surface area contributed by atoms with E-state index in [-0.39, 0.29) is 55.7 Å². The van der Waals surface area contributed by atoms with E-state index in [1.807, 2.05) is 32.9 Å². The highest BCUT2D eigenvalue weighted by molar-refractivity contribution is 7.52. The third-order valence-corrected chi connectivity index (χ3v) is 10.4. The summed E-state index contributed by atoms with van der Waals surface area (Å²) in [5.41, 5.74) is 6.39. The Kier molecular flexibility index (Phi) is 10.1. The molecule has 2 fully saturated rings. The number of esters is 1. The first-order valence-corrected chi connectivity index (χ1v) is 17.3. The first-order valence-electron chi connectivity index (χ1n) is 15.8. The van der Waals surface area contributed by atoms with E-state index in [1.54, 1.807) is 24.3 Å². The molecule has 0 amide bonds. The molecule has 1 aliphatic heterocycles. The van der Waals surface area contributed by atoms with E-state index < -0.39 is 49.7 Å². The zero-order chi connectivity index (χ0) is 34.9. The average molecular weight is 693 g/mol. The molecule has 48 heavy (non-hydrogen) atoms. The first-order chi connectivity index (χ1) is 22.5. The summed E-state index contributed by atoms with van der Waals surface area (Å²) in [4.78, 5) is 17.0. The molecule has 2 unspecified atom stereocenters. The van der Waals surface area contributed by atoms with Crippen LogP contribution in [-0.4, -0.2) is 51.6 Å². The summed E-state index contributed by atoms with van der Waals surface area (Å²) in [6, 6.07) is 11.3. The summed E-state index contributed by atoms with van der Waals surface area (Å²) >= 11 is 0. The van der Waals surface area contributed by atoms with Crippen molar-refractivity contribution in [3.63, 3.8) is 0 Å². The lowest BCUT2D eigenvalue weighted by Gasteiger charge is -2.30. The average Bonchev–Trinajstić information content (AvgIpc) is 3.66. The summed E-state index contributed by atoms with van der Waals surface area (Å²) in [6.45, 7) is 7.27. The number of nitrogens with zero attached hydrogens (tertiary/aromatic N) is 4. The number of benzene rings is 1. The number of anilines is 1. The van der Waals surface area contributed by atoms with E-state index in [9.17, 15) is 27.8 Å². The molecule has 2 aliphatic rings. The molecule has 1 aromatic carbocycles. The number of aromatic nitrogens is 3. The maximum absolute atomic E-state index is 14.2. The van der Waals surface area contributed by atoms with Crippen molar-refractivity contribution in [2.45, 2.75) is 102 Å². The highest BCUT2D eigenvalue weighted by Gasteiger charge is 2.46. The molecule has 5 rings (SSSR count). The summed E-state index contributed by atoms with van der Waals surface area (Å²) < 4.78 is 78.3. The van der Waals surface area contributed by atoms with E-state index in [1.165, 1.54) is 17.8 Å². The summed E-state index contributed by atoms with van der Waals surface area (Å²) in [7, 11) is -4.31. The van der Waals surface area contributed by atoms with E-state index in [4.69, 9.17) is 24.3 Å². The number of ether oxygens (including phenoxy) is 2. The largest absolute Gasteiger partial charge is 0.461 e. The van der Waals surface area contributed by atoms with Gasteiger partial charge in [0.15, 0.2) is 11.4 Å². The Morgan fingerprint density at radius 3 is 2.48 bits per heavy atom. The highest BCUT2D eigenvalue weighted by atomic mass is 31.2. The topological polar surface area (TPSA) is 163 Å². The minimum atomic E-state index is -4.31. The zero-order valence-corrected chi connectivity index (χ0v) is 28.1. The molecule has 0 radical (unpaired) electrons. The second-order valence-electron chi connectivity index (χ2n) is 13.3. The lowest BCUT2D eigenvalue weighted by Crippen LogP contribution is -2.39. The number of alkyl halides is 3. The van der Waals surface area contributed by atoms with Gasteiger partial charge in [0, 0.05) is 0 Å². The molecule has 3 heterocycles. The molecule has 0 bridgehead atoms. The minimum absolute atomic E-state index is 0.0721. The number of hydrogen-bond donors (Lipinski definition) is 2. The van der Waals surface area contributed by atoms with Crippen molar-refractivity contribution in [3.8, 4) is 11.8 Å². The molecule has 4 atom stereocenters. The molecular weight excluding hydrogens is 652 g/mol. The molecule has 12 nitrogen and oxygen atoms in total. The van der Waals surface area contributed by atoms with Gasteiger partial charge in [-0.15, -0.1) is 0 Å². The van der Waals surface area contributed by atoms with Crippen LogP contribution in [0.3, 0.4) is 0 Å². The number of carbonyl (C=O) groups is 1. The summed E-state index contributed by atoms with van der Waals surface area (Å²) in [5.74, 6) is -1.78. The van der Waals surface area contributed by atoms with Gasteiger partial charge in [0.25, 0.3) is 0 Å². The normalized spacial score (nSPS) is 25.2. The molecule has 16 heteroatoms. The van der Waals surface area contributed by atoms with Crippen LogP contribution < -0.4 is 15.3 Å². The number of fused-ring (bicyclic) bond motifs is 1. The number of nitriles is 1. The van der Waals surface area contributed by atoms with Crippen LogP contribution >= 0.6 is 7.75 Å². The van der Waals surface area contributed by atoms with Gasteiger partial charge in [-0.25, -0.2) is 14.1 Å². The smallest absolute Gasteiger partial charge is 0.459 e. The number of rotatable bonds is 10. The van der Waals surface area contributed by atoms with Crippen molar-refractivity contribution < 1.29 is 41.1 Å². The summed E-state index contributed by atoms with van der Waals surface area (Å²) in [6.07, 6.45) is -3.88. The molecule has 2 aromatic heterocycles. The molecule has 1 saturated heterocycles. The Balaban J connectivity index is 1.28. The van der Waals surface area contributed by atoms with Crippen LogP contribution in [0.4, 0.5) is 19.0 Å². The Morgan fingerprint density at radius 2 is 1.85 bits per heavy atom. The van der Waals surface area contributed by atoms with Crippen LogP contribution in [0.15, 0.2) is 42.7 Å². The van der Waals surface area contributed by atoms with Crippen LogP contribution in [0.2, 0.25) is 0 Å². The van der Waals surface area contributed by atoms with Crippen molar-refractivity contribution in [3.05, 3.63) is 54.0 Å². The van der Waals surface area contributed by atoms with E-state index in [0.29, 0.717) is 17.6 Å². The second-order valence-corrected chi connectivity index (χ2v) is 15.0. The Morgan fingerprint density at radius 1 is 1.17 bits per heavy atom. The molecule has 1 saturated carbocycles. The molecule has 260 valence electrons. The van der Waals surface area contributed by atoms with Gasteiger partial charge >= 0.3 is 19.9 Å². The zero-order valence-electron chi connectivity index (χ0n) is 27.2.